The summed E-state index contributed by atoms with van der Waals surface area (Å²) in [6.45, 7) is 5.08. The number of rotatable bonds is 5. The Morgan fingerprint density at radius 1 is 1.23 bits per heavy atom. The maximum atomic E-state index is 13.4. The molecule has 3 N–H and O–H groups in total. The average molecular weight is 455 g/mol. The Hall–Kier alpha value is -2.10. The van der Waals surface area contributed by atoms with Gasteiger partial charge in [-0.2, -0.15) is 0 Å². The summed E-state index contributed by atoms with van der Waals surface area (Å²) in [7, 11) is -4.06. The van der Waals surface area contributed by atoms with Crippen LogP contribution in [0.15, 0.2) is 29.4 Å². The van der Waals surface area contributed by atoms with Crippen LogP contribution in [0.2, 0.25) is 5.02 Å². The molecule has 0 aromatic heterocycles. The van der Waals surface area contributed by atoms with Gasteiger partial charge in [0, 0.05) is 23.5 Å². The minimum atomic E-state index is -4.06. The van der Waals surface area contributed by atoms with Crippen LogP contribution in [-0.4, -0.2) is 49.7 Å². The first kappa shape index (κ1) is 22.6. The standard InChI is InChI=1S/C20H27ClN4O4S/c1-13-11-18(14(2)10-16(13)21)30(28,29)25-9-8-23-20(27)17(25)12-19(26)24-15-4-3-6-22-7-5-15/h8-11,15,17,22H,3-7,12H2,1-2H3,(H,23,27)(H,24,26)/t15-,17-/m1/s1. The Morgan fingerprint density at radius 3 is 2.77 bits per heavy atom. The first-order valence-electron chi connectivity index (χ1n) is 9.97. The monoisotopic (exact) mass is 454 g/mol. The number of amides is 2. The van der Waals surface area contributed by atoms with Gasteiger partial charge in [0.1, 0.15) is 6.04 Å². The van der Waals surface area contributed by atoms with E-state index in [4.69, 9.17) is 11.6 Å². The Labute approximate surface area is 182 Å². The molecule has 0 spiro atoms. The summed E-state index contributed by atoms with van der Waals surface area (Å²) in [4.78, 5) is 25.2. The van der Waals surface area contributed by atoms with E-state index in [9.17, 15) is 18.0 Å². The topological polar surface area (TPSA) is 108 Å². The number of hydrogen-bond donors (Lipinski definition) is 3. The number of nitrogens with one attached hydrogen (secondary N) is 3. The molecule has 1 fully saturated rings. The van der Waals surface area contributed by atoms with Crippen molar-refractivity contribution < 1.29 is 18.0 Å². The molecular weight excluding hydrogens is 428 g/mol. The minimum absolute atomic E-state index is 0.0147. The zero-order valence-electron chi connectivity index (χ0n) is 17.1. The molecule has 164 valence electrons. The van der Waals surface area contributed by atoms with E-state index in [1.54, 1.807) is 19.9 Å². The molecule has 2 heterocycles. The Morgan fingerprint density at radius 2 is 2.00 bits per heavy atom. The van der Waals surface area contributed by atoms with Crippen molar-refractivity contribution in [3.63, 3.8) is 0 Å². The summed E-state index contributed by atoms with van der Waals surface area (Å²) in [6, 6.07) is 1.92. The zero-order valence-corrected chi connectivity index (χ0v) is 18.6. The van der Waals surface area contributed by atoms with E-state index in [0.717, 1.165) is 36.7 Å². The predicted octanol–water partition coefficient (Wildman–Crippen LogP) is 1.57. The fraction of sp³-hybridized carbons (Fsp3) is 0.500. The fourth-order valence-electron chi connectivity index (χ4n) is 3.71. The lowest BCUT2D eigenvalue weighted by Crippen LogP contribution is -2.51. The van der Waals surface area contributed by atoms with Crippen molar-refractivity contribution in [3.05, 3.63) is 40.7 Å². The SMILES string of the molecule is Cc1cc(S(=O)(=O)N2C=CNC(=O)[C@H]2CC(=O)N[C@@H]2CCCNCC2)c(C)cc1Cl. The van der Waals surface area contributed by atoms with Crippen molar-refractivity contribution >= 4 is 33.4 Å². The number of halogens is 1. The number of benzene rings is 1. The van der Waals surface area contributed by atoms with Crippen LogP contribution in [0.5, 0.6) is 0 Å². The van der Waals surface area contributed by atoms with Crippen molar-refractivity contribution in [3.8, 4) is 0 Å². The number of carbonyl (C=O) groups excluding carboxylic acids is 2. The molecule has 0 radical (unpaired) electrons. The van der Waals surface area contributed by atoms with Gasteiger partial charge in [0.2, 0.25) is 11.8 Å². The van der Waals surface area contributed by atoms with Gasteiger partial charge in [-0.3, -0.25) is 13.9 Å². The molecular formula is C20H27ClN4O4S. The maximum Gasteiger partial charge on any atom is 0.264 e. The van der Waals surface area contributed by atoms with Gasteiger partial charge in [0.05, 0.1) is 11.3 Å². The molecule has 2 amide bonds. The van der Waals surface area contributed by atoms with Gasteiger partial charge in [-0.05, 0) is 69.5 Å². The zero-order chi connectivity index (χ0) is 21.9. The molecule has 1 saturated heterocycles. The van der Waals surface area contributed by atoms with Crippen LogP contribution in [0.3, 0.4) is 0 Å². The van der Waals surface area contributed by atoms with Crippen LogP contribution in [0, 0.1) is 13.8 Å². The highest BCUT2D eigenvalue weighted by molar-refractivity contribution is 7.89. The summed E-state index contributed by atoms with van der Waals surface area (Å²) in [5, 5.41) is 9.19. The van der Waals surface area contributed by atoms with Crippen LogP contribution in [0.25, 0.3) is 0 Å². The van der Waals surface area contributed by atoms with Gasteiger partial charge in [-0.25, -0.2) is 8.42 Å². The van der Waals surface area contributed by atoms with Gasteiger partial charge in [0.25, 0.3) is 10.0 Å². The van der Waals surface area contributed by atoms with Crippen LogP contribution in [0.4, 0.5) is 0 Å². The van der Waals surface area contributed by atoms with E-state index < -0.39 is 22.0 Å². The molecule has 2 atom stereocenters. The second-order valence-electron chi connectivity index (χ2n) is 7.69. The lowest BCUT2D eigenvalue weighted by atomic mass is 10.1. The van der Waals surface area contributed by atoms with Crippen molar-refractivity contribution in [1.29, 1.82) is 0 Å². The molecule has 1 aromatic carbocycles. The molecule has 8 nitrogen and oxygen atoms in total. The van der Waals surface area contributed by atoms with Crippen LogP contribution < -0.4 is 16.0 Å². The number of sulfonamides is 1. The Bertz CT molecular complexity index is 956. The first-order chi connectivity index (χ1) is 14.2. The van der Waals surface area contributed by atoms with E-state index in [0.29, 0.717) is 16.1 Å². The molecule has 0 bridgehead atoms. The van der Waals surface area contributed by atoms with Gasteiger partial charge in [-0.15, -0.1) is 0 Å². The van der Waals surface area contributed by atoms with Crippen LogP contribution in [-0.2, 0) is 19.6 Å². The molecule has 0 aliphatic carbocycles. The second-order valence-corrected chi connectivity index (χ2v) is 9.91. The molecule has 30 heavy (non-hydrogen) atoms. The fourth-order valence-corrected chi connectivity index (χ4v) is 5.67. The Balaban J connectivity index is 1.83. The first-order valence-corrected chi connectivity index (χ1v) is 11.8. The molecule has 10 heteroatoms. The highest BCUT2D eigenvalue weighted by Crippen LogP contribution is 2.29. The number of carbonyl (C=O) groups is 2. The molecule has 2 aliphatic rings. The van der Waals surface area contributed by atoms with Gasteiger partial charge < -0.3 is 16.0 Å². The van der Waals surface area contributed by atoms with Crippen molar-refractivity contribution in [2.24, 2.45) is 0 Å². The van der Waals surface area contributed by atoms with E-state index >= 15 is 0 Å². The third-order valence-electron chi connectivity index (χ3n) is 5.39. The summed E-state index contributed by atoms with van der Waals surface area (Å²) < 4.78 is 27.7. The quantitative estimate of drug-likeness (QED) is 0.625. The molecule has 0 saturated carbocycles. The molecule has 3 rings (SSSR count). The second kappa shape index (κ2) is 9.36. The third-order valence-corrected chi connectivity index (χ3v) is 7.72. The summed E-state index contributed by atoms with van der Waals surface area (Å²) in [6.07, 6.45) is 4.89. The Kier molecular flexibility index (Phi) is 7.05. The van der Waals surface area contributed by atoms with E-state index in [1.807, 2.05) is 0 Å². The van der Waals surface area contributed by atoms with Crippen molar-refractivity contribution in [2.45, 2.75) is 56.5 Å². The summed E-state index contributed by atoms with van der Waals surface area (Å²) in [5.74, 6) is -0.886. The lowest BCUT2D eigenvalue weighted by Gasteiger charge is -2.32. The number of hydrogen-bond acceptors (Lipinski definition) is 5. The highest BCUT2D eigenvalue weighted by atomic mass is 35.5. The molecule has 1 aromatic rings. The van der Waals surface area contributed by atoms with E-state index in [2.05, 4.69) is 16.0 Å². The summed E-state index contributed by atoms with van der Waals surface area (Å²) in [5.41, 5.74) is 1.08. The van der Waals surface area contributed by atoms with E-state index in [-0.39, 0.29) is 23.3 Å². The normalized spacial score (nSPS) is 22.4. The van der Waals surface area contributed by atoms with Crippen LogP contribution in [0.1, 0.15) is 36.8 Å². The molecule has 0 unspecified atom stereocenters. The van der Waals surface area contributed by atoms with Gasteiger partial charge in [-0.1, -0.05) is 11.6 Å². The third kappa shape index (κ3) is 4.96. The number of nitrogens with zero attached hydrogens (tertiary/aromatic N) is 1. The largest absolute Gasteiger partial charge is 0.353 e. The van der Waals surface area contributed by atoms with Crippen molar-refractivity contribution in [2.75, 3.05) is 13.1 Å². The molecule has 2 aliphatic heterocycles. The number of aryl methyl sites for hydroxylation is 2. The van der Waals surface area contributed by atoms with Crippen LogP contribution >= 0.6 is 11.6 Å². The van der Waals surface area contributed by atoms with Gasteiger partial charge >= 0.3 is 0 Å². The minimum Gasteiger partial charge on any atom is -0.353 e. The summed E-state index contributed by atoms with van der Waals surface area (Å²) >= 11 is 6.10. The van der Waals surface area contributed by atoms with Crippen molar-refractivity contribution in [1.82, 2.24) is 20.3 Å². The smallest absolute Gasteiger partial charge is 0.264 e. The van der Waals surface area contributed by atoms with E-state index in [1.165, 1.54) is 18.5 Å². The maximum absolute atomic E-state index is 13.4. The predicted molar refractivity (Wildman–Crippen MR) is 114 cm³/mol. The highest BCUT2D eigenvalue weighted by Gasteiger charge is 2.38. The van der Waals surface area contributed by atoms with Gasteiger partial charge in [0.15, 0.2) is 0 Å². The average Bonchev–Trinajstić information content (AvgIpc) is 2.94. The lowest BCUT2D eigenvalue weighted by molar-refractivity contribution is -0.129.